The molecule has 0 saturated heterocycles. The van der Waals surface area contributed by atoms with Crippen LogP contribution in [0.25, 0.3) is 0 Å². The monoisotopic (exact) mass is 351 g/mol. The van der Waals surface area contributed by atoms with Crippen LogP contribution in [0.1, 0.15) is 68.7 Å². The molecule has 25 heavy (non-hydrogen) atoms. The van der Waals surface area contributed by atoms with Gasteiger partial charge in [-0.1, -0.05) is 39.0 Å². The van der Waals surface area contributed by atoms with Crippen molar-refractivity contribution in [3.63, 3.8) is 0 Å². The van der Waals surface area contributed by atoms with E-state index in [2.05, 4.69) is 85.4 Å². The van der Waals surface area contributed by atoms with Gasteiger partial charge >= 0.3 is 0 Å². The molecular weight excluding hydrogens is 310 g/mol. The number of hydrogen-bond donors (Lipinski definition) is 0. The van der Waals surface area contributed by atoms with Crippen LogP contribution >= 0.6 is 0 Å². The minimum atomic E-state index is -0.275. The summed E-state index contributed by atoms with van der Waals surface area (Å²) in [4.78, 5) is 2.45. The van der Waals surface area contributed by atoms with E-state index >= 15 is 0 Å². The van der Waals surface area contributed by atoms with E-state index in [0.717, 1.165) is 19.6 Å². The number of rotatable bonds is 9. The van der Waals surface area contributed by atoms with Crippen LogP contribution in [0.3, 0.4) is 0 Å². The summed E-state index contributed by atoms with van der Waals surface area (Å²) < 4.78 is 12.2. The second-order valence-corrected chi connectivity index (χ2v) is 9.40. The van der Waals surface area contributed by atoms with Crippen molar-refractivity contribution in [1.82, 2.24) is 4.90 Å². The third-order valence-corrected chi connectivity index (χ3v) is 4.67. The fraction of sp³-hybridized carbons (Fsp3) is 0.818. The molecule has 0 N–H and O–H groups in total. The van der Waals surface area contributed by atoms with Gasteiger partial charge in [-0.2, -0.15) is 0 Å². The van der Waals surface area contributed by atoms with Crippen molar-refractivity contribution in [1.29, 1.82) is 0 Å². The number of ether oxygens (including phenoxy) is 2. The van der Waals surface area contributed by atoms with E-state index in [-0.39, 0.29) is 17.1 Å². The van der Waals surface area contributed by atoms with Crippen LogP contribution in [0.2, 0.25) is 0 Å². The molecule has 146 valence electrons. The van der Waals surface area contributed by atoms with Gasteiger partial charge in [-0.25, -0.2) is 0 Å². The van der Waals surface area contributed by atoms with Gasteiger partial charge in [0, 0.05) is 18.6 Å². The maximum atomic E-state index is 6.27. The lowest BCUT2D eigenvalue weighted by atomic mass is 9.83. The Hall–Kier alpha value is -0.640. The maximum Gasteiger partial charge on any atom is 0.0867 e. The summed E-state index contributed by atoms with van der Waals surface area (Å²) >= 11 is 0. The molecule has 1 rings (SSSR count). The Morgan fingerprint density at radius 2 is 1.68 bits per heavy atom. The molecule has 0 fully saturated rings. The quantitative estimate of drug-likeness (QED) is 0.532. The van der Waals surface area contributed by atoms with E-state index in [1.807, 2.05) is 0 Å². The van der Waals surface area contributed by atoms with Crippen LogP contribution < -0.4 is 0 Å². The predicted molar refractivity (Wildman–Crippen MR) is 108 cm³/mol. The van der Waals surface area contributed by atoms with Gasteiger partial charge < -0.3 is 9.47 Å². The van der Waals surface area contributed by atoms with Crippen molar-refractivity contribution in [3.05, 3.63) is 23.8 Å². The Bertz CT molecular complexity index is 447. The summed E-state index contributed by atoms with van der Waals surface area (Å²) in [6.07, 6.45) is 7.81. The summed E-state index contributed by atoms with van der Waals surface area (Å²) in [6, 6.07) is 1.09. The second-order valence-electron chi connectivity index (χ2n) is 9.40. The minimum Gasteiger partial charge on any atom is -0.377 e. The van der Waals surface area contributed by atoms with Crippen molar-refractivity contribution < 1.29 is 9.47 Å². The van der Waals surface area contributed by atoms with E-state index in [9.17, 15) is 0 Å². The molecule has 0 bridgehead atoms. The van der Waals surface area contributed by atoms with E-state index in [4.69, 9.17) is 9.47 Å². The molecule has 0 amide bonds. The molecule has 0 radical (unpaired) electrons. The zero-order valence-corrected chi connectivity index (χ0v) is 18.1. The largest absolute Gasteiger partial charge is 0.377 e. The van der Waals surface area contributed by atoms with Crippen molar-refractivity contribution in [2.45, 2.75) is 92.5 Å². The van der Waals surface area contributed by atoms with Gasteiger partial charge in [-0.15, -0.1) is 0 Å². The van der Waals surface area contributed by atoms with E-state index in [1.165, 1.54) is 5.57 Å². The average Bonchev–Trinajstić information content (AvgIpc) is 2.45. The topological polar surface area (TPSA) is 21.7 Å². The zero-order chi connectivity index (χ0) is 19.3. The van der Waals surface area contributed by atoms with Gasteiger partial charge in [0.1, 0.15) is 0 Å². The van der Waals surface area contributed by atoms with Crippen molar-refractivity contribution in [2.24, 2.45) is 5.41 Å². The molecule has 0 aromatic carbocycles. The molecule has 0 saturated carbocycles. The Morgan fingerprint density at radius 3 is 2.12 bits per heavy atom. The highest BCUT2D eigenvalue weighted by Crippen LogP contribution is 2.30. The molecule has 1 atom stereocenters. The first-order chi connectivity index (χ1) is 11.4. The SMILES string of the molecule is CC(C)N(CCOCC(C)(C)OC1C=CC(C(C)(C)C)=CC1)C(C)C. The molecule has 0 spiro atoms. The lowest BCUT2D eigenvalue weighted by Gasteiger charge is -2.33. The summed E-state index contributed by atoms with van der Waals surface area (Å²) in [5.41, 5.74) is 1.32. The Morgan fingerprint density at radius 1 is 1.08 bits per heavy atom. The van der Waals surface area contributed by atoms with Crippen LogP contribution in [0.15, 0.2) is 23.8 Å². The zero-order valence-electron chi connectivity index (χ0n) is 18.1. The minimum absolute atomic E-state index is 0.146. The molecule has 1 unspecified atom stereocenters. The highest BCUT2D eigenvalue weighted by molar-refractivity contribution is 5.29. The highest BCUT2D eigenvalue weighted by Gasteiger charge is 2.25. The number of hydrogen-bond acceptors (Lipinski definition) is 3. The molecule has 0 aromatic rings. The summed E-state index contributed by atoms with van der Waals surface area (Å²) in [5, 5.41) is 0. The predicted octanol–water partition coefficient (Wildman–Crippen LogP) is 5.22. The van der Waals surface area contributed by atoms with Crippen LogP contribution in [-0.4, -0.2) is 48.4 Å². The van der Waals surface area contributed by atoms with Gasteiger partial charge in [-0.05, 0) is 59.0 Å². The Kier molecular flexibility index (Phi) is 8.37. The fourth-order valence-corrected chi connectivity index (χ4v) is 3.29. The van der Waals surface area contributed by atoms with Gasteiger partial charge in [0.05, 0.1) is 24.9 Å². The van der Waals surface area contributed by atoms with Gasteiger partial charge in [-0.3, -0.25) is 4.90 Å². The molecule has 0 aliphatic heterocycles. The van der Waals surface area contributed by atoms with Gasteiger partial charge in [0.15, 0.2) is 0 Å². The third kappa shape index (κ3) is 8.06. The first-order valence-electron chi connectivity index (χ1n) is 9.82. The molecule has 0 aromatic heterocycles. The van der Waals surface area contributed by atoms with E-state index in [0.29, 0.717) is 18.7 Å². The second kappa shape index (κ2) is 9.34. The number of nitrogens with zero attached hydrogens (tertiary/aromatic N) is 1. The van der Waals surface area contributed by atoms with Crippen LogP contribution in [0.5, 0.6) is 0 Å². The first-order valence-corrected chi connectivity index (χ1v) is 9.82. The summed E-state index contributed by atoms with van der Waals surface area (Å²) in [5.74, 6) is 0. The molecule has 0 heterocycles. The lowest BCUT2D eigenvalue weighted by Crippen LogP contribution is -2.40. The van der Waals surface area contributed by atoms with Gasteiger partial charge in [0.2, 0.25) is 0 Å². The van der Waals surface area contributed by atoms with Crippen molar-refractivity contribution in [2.75, 3.05) is 19.8 Å². The van der Waals surface area contributed by atoms with Crippen LogP contribution in [0, 0.1) is 5.41 Å². The smallest absolute Gasteiger partial charge is 0.0867 e. The Balaban J connectivity index is 2.38. The third-order valence-electron chi connectivity index (χ3n) is 4.67. The first kappa shape index (κ1) is 22.4. The van der Waals surface area contributed by atoms with Gasteiger partial charge in [0.25, 0.3) is 0 Å². The highest BCUT2D eigenvalue weighted by atomic mass is 16.5. The lowest BCUT2D eigenvalue weighted by molar-refractivity contribution is -0.0994. The average molecular weight is 352 g/mol. The molecular formula is C22H41NO2. The normalized spacial score (nSPS) is 19.2. The van der Waals surface area contributed by atoms with E-state index < -0.39 is 0 Å². The van der Waals surface area contributed by atoms with Crippen LogP contribution in [0.4, 0.5) is 0 Å². The van der Waals surface area contributed by atoms with Crippen molar-refractivity contribution in [3.8, 4) is 0 Å². The summed E-state index contributed by atoms with van der Waals surface area (Å²) in [6.45, 7) is 22.3. The molecule has 1 aliphatic rings. The molecule has 3 heteroatoms. The number of allylic oxidation sites excluding steroid dienone is 2. The molecule has 1 aliphatic carbocycles. The fourth-order valence-electron chi connectivity index (χ4n) is 3.29. The Labute approximate surface area is 156 Å². The maximum absolute atomic E-state index is 6.27. The summed E-state index contributed by atoms with van der Waals surface area (Å²) in [7, 11) is 0. The van der Waals surface area contributed by atoms with Crippen molar-refractivity contribution >= 4 is 0 Å². The standard InChI is InChI=1S/C22H41NO2/c1-17(2)23(18(3)4)14-15-24-16-22(8,9)25-20-12-10-19(11-13-20)21(5,6)7/h10-12,17-18,20H,13-16H2,1-9H3. The molecule has 3 nitrogen and oxygen atoms in total. The van der Waals surface area contributed by atoms with E-state index in [1.54, 1.807) is 0 Å². The van der Waals surface area contributed by atoms with Crippen LogP contribution in [-0.2, 0) is 9.47 Å².